The van der Waals surface area contributed by atoms with Gasteiger partial charge in [0.05, 0.1) is 13.2 Å². The Bertz CT molecular complexity index is 821. The fraction of sp³-hybridized carbons (Fsp3) is 0.450. The molecule has 3 heterocycles. The molecule has 1 fully saturated rings. The Hall–Kier alpha value is -2.41. The largest absolute Gasteiger partial charge is 0.372 e. The van der Waals surface area contributed by atoms with Crippen molar-refractivity contribution in [3.8, 4) is 0 Å². The number of pyridine rings is 2. The Kier molecular flexibility index (Phi) is 4.86. The molecule has 4 rings (SSSR count). The van der Waals surface area contributed by atoms with Crippen LogP contribution in [0.2, 0.25) is 0 Å². The zero-order valence-electron chi connectivity index (χ0n) is 14.9. The van der Waals surface area contributed by atoms with Gasteiger partial charge in [-0.2, -0.15) is 0 Å². The molecule has 142 valence electrons. The normalized spacial score (nSPS) is 18.7. The van der Waals surface area contributed by atoms with E-state index in [1.54, 1.807) is 29.7 Å². The molecule has 27 heavy (non-hydrogen) atoms. The van der Waals surface area contributed by atoms with E-state index in [0.717, 1.165) is 22.3 Å². The number of halogens is 2. The third-order valence-electron chi connectivity index (χ3n) is 5.26. The first-order chi connectivity index (χ1) is 13.0. The van der Waals surface area contributed by atoms with E-state index in [-0.39, 0.29) is 18.7 Å². The van der Waals surface area contributed by atoms with Gasteiger partial charge in [0.2, 0.25) is 11.8 Å². The molecule has 0 aromatic carbocycles. The van der Waals surface area contributed by atoms with Crippen molar-refractivity contribution >= 4 is 5.91 Å². The number of hydrogen-bond acceptors (Lipinski definition) is 4. The van der Waals surface area contributed by atoms with Crippen molar-refractivity contribution in [1.82, 2.24) is 14.9 Å². The quantitative estimate of drug-likeness (QED) is 0.808. The zero-order chi connectivity index (χ0) is 18.9. The van der Waals surface area contributed by atoms with Crippen molar-refractivity contribution in [3.63, 3.8) is 0 Å². The Morgan fingerprint density at radius 1 is 1.19 bits per heavy atom. The van der Waals surface area contributed by atoms with E-state index >= 15 is 0 Å². The minimum Gasteiger partial charge on any atom is -0.372 e. The smallest absolute Gasteiger partial charge is 0.249 e. The first kappa shape index (κ1) is 18.0. The second-order valence-electron chi connectivity index (χ2n) is 7.26. The number of carbonyl (C=O) groups excluding carboxylic acids is 1. The maximum atomic E-state index is 13.1. The van der Waals surface area contributed by atoms with Crippen LogP contribution in [-0.4, -0.2) is 33.2 Å². The number of alkyl halides is 2. The van der Waals surface area contributed by atoms with Gasteiger partial charge in [-0.25, -0.2) is 8.78 Å². The zero-order valence-corrected chi connectivity index (χ0v) is 14.9. The number of ether oxygens (including phenoxy) is 1. The summed E-state index contributed by atoms with van der Waals surface area (Å²) in [5.74, 6) is -3.37. The third kappa shape index (κ3) is 3.98. The van der Waals surface area contributed by atoms with Crippen LogP contribution in [0.25, 0.3) is 0 Å². The SMILES string of the molecule is O=C(C1CC(F)(F)C1)N1CCc2c(COCc3ccncc3)cncc2C1. The molecule has 1 saturated carbocycles. The number of amides is 1. The predicted molar refractivity (Wildman–Crippen MR) is 93.8 cm³/mol. The lowest BCUT2D eigenvalue weighted by atomic mass is 9.80. The number of hydrogen-bond donors (Lipinski definition) is 0. The lowest BCUT2D eigenvalue weighted by molar-refractivity contribution is -0.160. The molecule has 1 aliphatic carbocycles. The van der Waals surface area contributed by atoms with Crippen LogP contribution in [0, 0.1) is 5.92 Å². The Labute approximate surface area is 156 Å². The minimum absolute atomic E-state index is 0.161. The van der Waals surface area contributed by atoms with Crippen molar-refractivity contribution < 1.29 is 18.3 Å². The van der Waals surface area contributed by atoms with Crippen LogP contribution in [-0.2, 0) is 35.7 Å². The van der Waals surface area contributed by atoms with Gasteiger partial charge in [0.25, 0.3) is 0 Å². The Balaban J connectivity index is 1.37. The number of rotatable bonds is 5. The summed E-state index contributed by atoms with van der Waals surface area (Å²) in [6.07, 6.45) is 7.07. The highest BCUT2D eigenvalue weighted by molar-refractivity contribution is 5.80. The van der Waals surface area contributed by atoms with Gasteiger partial charge in [-0.1, -0.05) is 0 Å². The molecule has 0 atom stereocenters. The standard InChI is InChI=1S/C20H21F2N3O2/c21-20(22)7-15(8-20)19(26)25-6-3-18-16(11-25)9-24-10-17(18)13-27-12-14-1-4-23-5-2-14/h1-2,4-5,9-10,15H,3,6-8,11-13H2. The van der Waals surface area contributed by atoms with E-state index in [2.05, 4.69) is 9.97 Å². The molecule has 2 aromatic heterocycles. The maximum Gasteiger partial charge on any atom is 0.249 e. The fourth-order valence-corrected chi connectivity index (χ4v) is 3.73. The summed E-state index contributed by atoms with van der Waals surface area (Å²) in [7, 11) is 0. The summed E-state index contributed by atoms with van der Waals surface area (Å²) in [6, 6.07) is 3.82. The molecular formula is C20H21F2N3O2. The van der Waals surface area contributed by atoms with E-state index in [1.165, 1.54) is 0 Å². The van der Waals surface area contributed by atoms with Gasteiger partial charge in [-0.15, -0.1) is 0 Å². The van der Waals surface area contributed by atoms with Crippen LogP contribution in [0.1, 0.15) is 35.1 Å². The Morgan fingerprint density at radius 2 is 1.96 bits per heavy atom. The van der Waals surface area contributed by atoms with Gasteiger partial charge < -0.3 is 9.64 Å². The maximum absolute atomic E-state index is 13.1. The first-order valence-corrected chi connectivity index (χ1v) is 9.10. The summed E-state index contributed by atoms with van der Waals surface area (Å²) in [6.45, 7) is 1.92. The lowest BCUT2D eigenvalue weighted by Crippen LogP contribution is -2.48. The summed E-state index contributed by atoms with van der Waals surface area (Å²) >= 11 is 0. The molecule has 2 aliphatic rings. The van der Waals surface area contributed by atoms with E-state index in [1.807, 2.05) is 12.1 Å². The van der Waals surface area contributed by atoms with E-state index in [0.29, 0.717) is 32.7 Å². The summed E-state index contributed by atoms with van der Waals surface area (Å²) in [5.41, 5.74) is 4.20. The van der Waals surface area contributed by atoms with E-state index in [9.17, 15) is 13.6 Å². The van der Waals surface area contributed by atoms with E-state index in [4.69, 9.17) is 4.74 Å². The van der Waals surface area contributed by atoms with Gasteiger partial charge in [0.15, 0.2) is 0 Å². The highest BCUT2D eigenvalue weighted by atomic mass is 19.3. The summed E-state index contributed by atoms with van der Waals surface area (Å²) in [5, 5.41) is 0. The first-order valence-electron chi connectivity index (χ1n) is 9.10. The van der Waals surface area contributed by atoms with Crippen LogP contribution in [0.3, 0.4) is 0 Å². The van der Waals surface area contributed by atoms with Crippen molar-refractivity contribution in [2.75, 3.05) is 6.54 Å². The lowest BCUT2D eigenvalue weighted by Gasteiger charge is -2.39. The van der Waals surface area contributed by atoms with Gasteiger partial charge in [-0.3, -0.25) is 14.8 Å². The second kappa shape index (κ2) is 7.31. The number of carbonyl (C=O) groups is 1. The monoisotopic (exact) mass is 373 g/mol. The van der Waals surface area contributed by atoms with Crippen molar-refractivity contribution in [1.29, 1.82) is 0 Å². The number of aromatic nitrogens is 2. The Morgan fingerprint density at radius 3 is 2.70 bits per heavy atom. The average Bonchev–Trinajstić information content (AvgIpc) is 2.66. The van der Waals surface area contributed by atoms with Crippen LogP contribution < -0.4 is 0 Å². The molecule has 5 nitrogen and oxygen atoms in total. The number of nitrogens with zero attached hydrogens (tertiary/aromatic N) is 3. The molecule has 1 aliphatic heterocycles. The van der Waals surface area contributed by atoms with Crippen molar-refractivity contribution in [2.24, 2.45) is 5.92 Å². The molecular weight excluding hydrogens is 352 g/mol. The van der Waals surface area contributed by atoms with E-state index < -0.39 is 11.8 Å². The highest BCUT2D eigenvalue weighted by Gasteiger charge is 2.49. The van der Waals surface area contributed by atoms with Crippen LogP contribution in [0.4, 0.5) is 8.78 Å². The van der Waals surface area contributed by atoms with Crippen LogP contribution in [0.5, 0.6) is 0 Å². The fourth-order valence-electron chi connectivity index (χ4n) is 3.73. The van der Waals surface area contributed by atoms with Gasteiger partial charge >= 0.3 is 0 Å². The average molecular weight is 373 g/mol. The predicted octanol–water partition coefficient (Wildman–Crippen LogP) is 3.12. The highest BCUT2D eigenvalue weighted by Crippen LogP contribution is 2.43. The summed E-state index contributed by atoms with van der Waals surface area (Å²) < 4.78 is 31.9. The van der Waals surface area contributed by atoms with Crippen LogP contribution in [0.15, 0.2) is 36.9 Å². The molecule has 0 unspecified atom stereocenters. The molecule has 1 amide bonds. The van der Waals surface area contributed by atoms with Gasteiger partial charge in [-0.05, 0) is 40.8 Å². The topological polar surface area (TPSA) is 55.3 Å². The van der Waals surface area contributed by atoms with Gasteiger partial charge in [0.1, 0.15) is 0 Å². The number of fused-ring (bicyclic) bond motifs is 1. The van der Waals surface area contributed by atoms with Crippen LogP contribution >= 0.6 is 0 Å². The van der Waals surface area contributed by atoms with Gasteiger partial charge in [0, 0.05) is 56.6 Å². The van der Waals surface area contributed by atoms with Crippen molar-refractivity contribution in [3.05, 3.63) is 59.2 Å². The molecule has 0 bridgehead atoms. The summed E-state index contributed by atoms with van der Waals surface area (Å²) in [4.78, 5) is 22.4. The molecule has 0 radical (unpaired) electrons. The molecule has 0 spiro atoms. The molecule has 7 heteroatoms. The third-order valence-corrected chi connectivity index (χ3v) is 5.26. The molecule has 0 saturated heterocycles. The molecule has 0 N–H and O–H groups in total. The van der Waals surface area contributed by atoms with Crippen molar-refractivity contribution in [2.45, 2.75) is 44.9 Å². The molecule has 2 aromatic rings. The second-order valence-corrected chi connectivity index (χ2v) is 7.26. The minimum atomic E-state index is -2.67.